The van der Waals surface area contributed by atoms with Crippen molar-refractivity contribution < 1.29 is 14.4 Å². The lowest BCUT2D eigenvalue weighted by atomic mass is 10.1. The Bertz CT molecular complexity index is 490. The van der Waals surface area contributed by atoms with Crippen molar-refractivity contribution in [3.05, 3.63) is 35.9 Å². The number of benzene rings is 1. The molecule has 2 unspecified atom stereocenters. The van der Waals surface area contributed by atoms with Crippen LogP contribution in [0.3, 0.4) is 0 Å². The normalized spacial score (nSPS) is 13.2. The predicted molar refractivity (Wildman–Crippen MR) is 73.1 cm³/mol. The number of amides is 3. The lowest BCUT2D eigenvalue weighted by Crippen LogP contribution is -2.52. The van der Waals surface area contributed by atoms with Gasteiger partial charge in [-0.25, -0.2) is 0 Å². The summed E-state index contributed by atoms with van der Waals surface area (Å²) in [7, 11) is 0. The molecule has 7 nitrogen and oxygen atoms in total. The van der Waals surface area contributed by atoms with E-state index in [0.717, 1.165) is 5.56 Å². The Hall–Kier alpha value is -2.41. The van der Waals surface area contributed by atoms with Crippen LogP contribution in [0.15, 0.2) is 30.3 Å². The molecule has 0 fully saturated rings. The van der Waals surface area contributed by atoms with Crippen LogP contribution < -0.4 is 22.5 Å². The number of primary amides is 2. The first kappa shape index (κ1) is 15.6. The molecular weight excluding hydrogens is 260 g/mol. The zero-order valence-corrected chi connectivity index (χ0v) is 10.9. The van der Waals surface area contributed by atoms with E-state index in [0.29, 0.717) is 6.42 Å². The Morgan fingerprint density at radius 2 is 1.70 bits per heavy atom. The van der Waals surface area contributed by atoms with Crippen molar-refractivity contribution in [1.29, 1.82) is 0 Å². The van der Waals surface area contributed by atoms with Gasteiger partial charge in [0.15, 0.2) is 0 Å². The summed E-state index contributed by atoms with van der Waals surface area (Å²) in [5.74, 6) is -2.12. The number of nitrogens with two attached hydrogens (primary N) is 3. The number of hydrogen-bond donors (Lipinski definition) is 4. The number of carbonyl (C=O) groups excluding carboxylic acids is 3. The summed E-state index contributed by atoms with van der Waals surface area (Å²) < 4.78 is 0. The highest BCUT2D eigenvalue weighted by molar-refractivity contribution is 5.92. The van der Waals surface area contributed by atoms with Crippen LogP contribution in [-0.4, -0.2) is 29.8 Å². The van der Waals surface area contributed by atoms with Gasteiger partial charge in [-0.05, 0) is 12.0 Å². The lowest BCUT2D eigenvalue weighted by Gasteiger charge is -2.17. The van der Waals surface area contributed by atoms with E-state index >= 15 is 0 Å². The van der Waals surface area contributed by atoms with Gasteiger partial charge in [-0.2, -0.15) is 0 Å². The van der Waals surface area contributed by atoms with Crippen molar-refractivity contribution in [2.75, 3.05) is 0 Å². The second-order valence-electron chi connectivity index (χ2n) is 4.43. The highest BCUT2D eigenvalue weighted by Gasteiger charge is 2.23. The molecule has 0 aliphatic rings. The Labute approximate surface area is 116 Å². The summed E-state index contributed by atoms with van der Waals surface area (Å²) in [5, 5.41) is 2.33. The second kappa shape index (κ2) is 7.25. The van der Waals surface area contributed by atoms with Crippen LogP contribution in [0.5, 0.6) is 0 Å². The van der Waals surface area contributed by atoms with E-state index in [1.165, 1.54) is 0 Å². The van der Waals surface area contributed by atoms with Crippen molar-refractivity contribution in [1.82, 2.24) is 5.32 Å². The molecule has 108 valence electrons. The Morgan fingerprint density at radius 1 is 1.10 bits per heavy atom. The second-order valence-corrected chi connectivity index (χ2v) is 4.43. The third-order valence-electron chi connectivity index (χ3n) is 2.70. The van der Waals surface area contributed by atoms with Crippen LogP contribution in [0.4, 0.5) is 0 Å². The zero-order chi connectivity index (χ0) is 15.1. The topological polar surface area (TPSA) is 141 Å². The van der Waals surface area contributed by atoms with Gasteiger partial charge in [0.2, 0.25) is 17.7 Å². The van der Waals surface area contributed by atoms with Gasteiger partial charge < -0.3 is 22.5 Å². The molecule has 0 saturated carbocycles. The first-order valence-electron chi connectivity index (χ1n) is 6.07. The van der Waals surface area contributed by atoms with Crippen molar-refractivity contribution in [3.8, 4) is 0 Å². The van der Waals surface area contributed by atoms with Crippen LogP contribution >= 0.6 is 0 Å². The van der Waals surface area contributed by atoms with E-state index in [1.807, 2.05) is 30.3 Å². The first-order chi connectivity index (χ1) is 9.40. The minimum atomic E-state index is -1.14. The maximum Gasteiger partial charge on any atom is 0.240 e. The quantitative estimate of drug-likeness (QED) is 0.476. The summed E-state index contributed by atoms with van der Waals surface area (Å²) >= 11 is 0. The molecule has 0 aliphatic carbocycles. The largest absolute Gasteiger partial charge is 0.370 e. The molecule has 0 aliphatic heterocycles. The molecule has 7 N–H and O–H groups in total. The van der Waals surface area contributed by atoms with Crippen LogP contribution in [-0.2, 0) is 20.8 Å². The highest BCUT2D eigenvalue weighted by atomic mass is 16.2. The summed E-state index contributed by atoms with van der Waals surface area (Å²) in [5.41, 5.74) is 16.7. The average molecular weight is 278 g/mol. The van der Waals surface area contributed by atoms with Crippen LogP contribution in [0.25, 0.3) is 0 Å². The predicted octanol–water partition coefficient (Wildman–Crippen LogP) is -1.60. The molecule has 1 rings (SSSR count). The van der Waals surface area contributed by atoms with E-state index in [1.54, 1.807) is 0 Å². The molecule has 0 radical (unpaired) electrons. The minimum absolute atomic E-state index is 0.314. The van der Waals surface area contributed by atoms with Gasteiger partial charge in [-0.15, -0.1) is 0 Å². The Morgan fingerprint density at radius 3 is 2.20 bits per heavy atom. The molecule has 0 heterocycles. The van der Waals surface area contributed by atoms with Gasteiger partial charge in [0, 0.05) is 0 Å². The van der Waals surface area contributed by atoms with Gasteiger partial charge in [0.1, 0.15) is 6.04 Å². The fourth-order valence-electron chi connectivity index (χ4n) is 1.66. The maximum absolute atomic E-state index is 11.8. The standard InChI is InChI=1S/C13H18N4O3/c14-9(6-8-4-2-1-3-5-8)13(20)17-10(12(16)19)7-11(15)18/h1-5,9-10H,6-7,14H2,(H2,15,18)(H2,16,19)(H,17,20). The van der Waals surface area contributed by atoms with Gasteiger partial charge >= 0.3 is 0 Å². The summed E-state index contributed by atoms with van der Waals surface area (Å²) in [4.78, 5) is 33.7. The van der Waals surface area contributed by atoms with Crippen LogP contribution in [0.2, 0.25) is 0 Å². The van der Waals surface area contributed by atoms with Gasteiger partial charge in [0.25, 0.3) is 0 Å². The molecule has 0 aromatic heterocycles. The number of hydrogen-bond acceptors (Lipinski definition) is 4. The van der Waals surface area contributed by atoms with E-state index in [-0.39, 0.29) is 6.42 Å². The third-order valence-corrected chi connectivity index (χ3v) is 2.70. The third kappa shape index (κ3) is 5.07. The van der Waals surface area contributed by atoms with Crippen molar-refractivity contribution in [2.45, 2.75) is 24.9 Å². The molecule has 0 bridgehead atoms. The fraction of sp³-hybridized carbons (Fsp3) is 0.308. The monoisotopic (exact) mass is 278 g/mol. The molecule has 3 amide bonds. The van der Waals surface area contributed by atoms with E-state index < -0.39 is 29.8 Å². The Balaban J connectivity index is 2.59. The molecule has 7 heteroatoms. The van der Waals surface area contributed by atoms with Crippen LogP contribution in [0.1, 0.15) is 12.0 Å². The summed E-state index contributed by atoms with van der Waals surface area (Å²) in [6, 6.07) is 7.21. The maximum atomic E-state index is 11.8. The molecular formula is C13H18N4O3. The molecule has 1 aromatic carbocycles. The molecule has 2 atom stereocenters. The first-order valence-corrected chi connectivity index (χ1v) is 6.07. The lowest BCUT2D eigenvalue weighted by molar-refractivity contribution is -0.130. The van der Waals surface area contributed by atoms with Crippen molar-refractivity contribution in [3.63, 3.8) is 0 Å². The molecule has 0 spiro atoms. The molecule has 0 saturated heterocycles. The Kier molecular flexibility index (Phi) is 5.67. The summed E-state index contributed by atoms with van der Waals surface area (Å²) in [6.45, 7) is 0. The smallest absolute Gasteiger partial charge is 0.240 e. The average Bonchev–Trinajstić information content (AvgIpc) is 2.38. The number of carbonyl (C=O) groups is 3. The van der Waals surface area contributed by atoms with E-state index in [2.05, 4.69) is 5.32 Å². The summed E-state index contributed by atoms with van der Waals surface area (Å²) in [6.07, 6.45) is -0.0339. The van der Waals surface area contributed by atoms with Gasteiger partial charge in [-0.3, -0.25) is 14.4 Å². The molecule has 20 heavy (non-hydrogen) atoms. The highest BCUT2D eigenvalue weighted by Crippen LogP contribution is 2.02. The van der Waals surface area contributed by atoms with E-state index in [4.69, 9.17) is 17.2 Å². The van der Waals surface area contributed by atoms with E-state index in [9.17, 15) is 14.4 Å². The number of nitrogens with one attached hydrogen (secondary N) is 1. The fourth-order valence-corrected chi connectivity index (χ4v) is 1.66. The zero-order valence-electron chi connectivity index (χ0n) is 10.9. The van der Waals surface area contributed by atoms with Crippen LogP contribution in [0, 0.1) is 0 Å². The minimum Gasteiger partial charge on any atom is -0.370 e. The van der Waals surface area contributed by atoms with Crippen molar-refractivity contribution >= 4 is 17.7 Å². The molecule has 1 aromatic rings. The van der Waals surface area contributed by atoms with Crippen molar-refractivity contribution in [2.24, 2.45) is 17.2 Å². The van der Waals surface area contributed by atoms with Gasteiger partial charge in [0.05, 0.1) is 12.5 Å². The number of rotatable bonds is 7. The van der Waals surface area contributed by atoms with Gasteiger partial charge in [-0.1, -0.05) is 30.3 Å². The SMILES string of the molecule is NC(=O)CC(NC(=O)C(N)Cc1ccccc1)C(N)=O.